The maximum atomic E-state index is 12.8. The summed E-state index contributed by atoms with van der Waals surface area (Å²) in [6, 6.07) is 18.5. The van der Waals surface area contributed by atoms with Gasteiger partial charge in [-0.05, 0) is 72.7 Å². The molecule has 14 heteroatoms. The SMILES string of the molecule is COc1ccc(C(C)C)c(N2C(=O)CS/C2=N\C(=O)NCCCCc2cccc(C3=NN(c4ccc(OC(F)(F)F)cc4)CN3)c2)c1. The van der Waals surface area contributed by atoms with E-state index >= 15 is 0 Å². The van der Waals surface area contributed by atoms with Crippen LogP contribution in [0.4, 0.5) is 29.3 Å². The number of amides is 3. The van der Waals surface area contributed by atoms with Crippen LogP contribution in [0.5, 0.6) is 11.5 Å². The summed E-state index contributed by atoms with van der Waals surface area (Å²) in [5.41, 5.74) is 4.23. The van der Waals surface area contributed by atoms with Crippen molar-refractivity contribution in [3.63, 3.8) is 0 Å². The molecular formula is C33H35F3N6O4S. The number of methoxy groups -OCH3 is 1. The number of hydrogen-bond acceptors (Lipinski definition) is 8. The van der Waals surface area contributed by atoms with Crippen LogP contribution in [0.15, 0.2) is 76.8 Å². The summed E-state index contributed by atoms with van der Waals surface area (Å²) >= 11 is 1.23. The van der Waals surface area contributed by atoms with E-state index < -0.39 is 12.4 Å². The number of carbonyl (C=O) groups excluding carboxylic acids is 2. The van der Waals surface area contributed by atoms with Crippen LogP contribution in [0.1, 0.15) is 49.3 Å². The van der Waals surface area contributed by atoms with Crippen LogP contribution in [0.2, 0.25) is 0 Å². The van der Waals surface area contributed by atoms with Gasteiger partial charge in [-0.3, -0.25) is 9.69 Å². The number of urea groups is 1. The van der Waals surface area contributed by atoms with Crippen molar-refractivity contribution < 1.29 is 32.2 Å². The van der Waals surface area contributed by atoms with E-state index in [9.17, 15) is 22.8 Å². The van der Waals surface area contributed by atoms with Crippen molar-refractivity contribution in [3.8, 4) is 11.5 Å². The van der Waals surface area contributed by atoms with E-state index in [4.69, 9.17) is 4.74 Å². The average Bonchev–Trinajstić information content (AvgIpc) is 3.67. The molecule has 1 saturated heterocycles. The lowest BCUT2D eigenvalue weighted by molar-refractivity contribution is -0.274. The first kappa shape index (κ1) is 33.6. The molecule has 2 aliphatic rings. The van der Waals surface area contributed by atoms with E-state index in [1.165, 1.54) is 40.9 Å². The Morgan fingerprint density at radius 2 is 1.85 bits per heavy atom. The fraction of sp³-hybridized carbons (Fsp3) is 0.333. The Hall–Kier alpha value is -4.72. The van der Waals surface area contributed by atoms with Gasteiger partial charge < -0.3 is 20.1 Å². The second kappa shape index (κ2) is 14.8. The number of amidine groups is 2. The molecule has 47 heavy (non-hydrogen) atoms. The Bertz CT molecular complexity index is 1660. The monoisotopic (exact) mass is 668 g/mol. The highest BCUT2D eigenvalue weighted by Gasteiger charge is 2.33. The van der Waals surface area contributed by atoms with Gasteiger partial charge in [-0.2, -0.15) is 10.1 Å². The molecule has 2 N–H and O–H groups in total. The molecule has 0 bridgehead atoms. The molecule has 2 heterocycles. The Morgan fingerprint density at radius 3 is 2.57 bits per heavy atom. The van der Waals surface area contributed by atoms with Gasteiger partial charge in [0.2, 0.25) is 5.91 Å². The highest BCUT2D eigenvalue weighted by molar-refractivity contribution is 8.15. The molecule has 0 spiro atoms. The van der Waals surface area contributed by atoms with Crippen LogP contribution in [-0.4, -0.2) is 55.4 Å². The third-order valence-corrected chi connectivity index (χ3v) is 8.34. The summed E-state index contributed by atoms with van der Waals surface area (Å²) in [5, 5.41) is 12.6. The van der Waals surface area contributed by atoms with E-state index in [1.54, 1.807) is 18.2 Å². The van der Waals surface area contributed by atoms with Gasteiger partial charge in [-0.25, -0.2) is 9.80 Å². The lowest BCUT2D eigenvalue weighted by Gasteiger charge is -2.22. The number of ether oxygens (including phenoxy) is 2. The topological polar surface area (TPSA) is 108 Å². The second-order valence-corrected chi connectivity index (χ2v) is 12.0. The molecule has 0 aliphatic carbocycles. The van der Waals surface area contributed by atoms with Gasteiger partial charge in [0, 0.05) is 18.2 Å². The number of aryl methyl sites for hydroxylation is 1. The molecule has 10 nitrogen and oxygen atoms in total. The van der Waals surface area contributed by atoms with Crippen LogP contribution >= 0.6 is 11.8 Å². The number of anilines is 2. The number of aliphatic imine (C=N–C) groups is 1. The van der Waals surface area contributed by atoms with E-state index in [-0.39, 0.29) is 23.3 Å². The van der Waals surface area contributed by atoms with Crippen LogP contribution in [0.3, 0.4) is 0 Å². The molecule has 0 atom stereocenters. The molecule has 3 amide bonds. The molecule has 0 saturated carbocycles. The lowest BCUT2D eigenvalue weighted by Crippen LogP contribution is -2.32. The first-order valence-electron chi connectivity index (χ1n) is 15.1. The normalized spacial score (nSPS) is 15.7. The summed E-state index contributed by atoms with van der Waals surface area (Å²) in [6.07, 6.45) is -2.42. The number of carbonyl (C=O) groups is 2. The van der Waals surface area contributed by atoms with E-state index in [0.717, 1.165) is 36.0 Å². The minimum absolute atomic E-state index is 0.140. The van der Waals surface area contributed by atoms with Crippen molar-refractivity contribution >= 4 is 46.1 Å². The smallest absolute Gasteiger partial charge is 0.497 e. The van der Waals surface area contributed by atoms with E-state index in [0.29, 0.717) is 41.3 Å². The number of nitrogens with one attached hydrogen (secondary N) is 2. The number of benzene rings is 3. The predicted molar refractivity (Wildman–Crippen MR) is 177 cm³/mol. The molecule has 3 aromatic rings. The highest BCUT2D eigenvalue weighted by atomic mass is 32.2. The van der Waals surface area contributed by atoms with Gasteiger partial charge in [-0.1, -0.05) is 49.9 Å². The Labute approximate surface area is 275 Å². The summed E-state index contributed by atoms with van der Waals surface area (Å²) in [4.78, 5) is 31.2. The molecule has 0 radical (unpaired) electrons. The number of rotatable bonds is 11. The summed E-state index contributed by atoms with van der Waals surface area (Å²) < 4.78 is 46.7. The second-order valence-electron chi connectivity index (χ2n) is 11.1. The lowest BCUT2D eigenvalue weighted by atomic mass is 10.00. The number of nitrogens with zero attached hydrogens (tertiary/aromatic N) is 4. The molecule has 248 valence electrons. The number of hydrazone groups is 1. The quantitative estimate of drug-likeness (QED) is 0.221. The predicted octanol–water partition coefficient (Wildman–Crippen LogP) is 6.61. The van der Waals surface area contributed by atoms with Crippen molar-refractivity contribution in [2.45, 2.75) is 45.4 Å². The van der Waals surface area contributed by atoms with Gasteiger partial charge in [0.25, 0.3) is 0 Å². The molecule has 3 aromatic carbocycles. The van der Waals surface area contributed by atoms with Crippen molar-refractivity contribution in [2.24, 2.45) is 10.1 Å². The van der Waals surface area contributed by atoms with Crippen molar-refractivity contribution in [2.75, 3.05) is 36.0 Å². The molecular weight excluding hydrogens is 633 g/mol. The molecule has 0 unspecified atom stereocenters. The van der Waals surface area contributed by atoms with Crippen LogP contribution < -0.4 is 30.0 Å². The highest BCUT2D eigenvalue weighted by Crippen LogP contribution is 2.36. The van der Waals surface area contributed by atoms with Crippen LogP contribution in [0, 0.1) is 0 Å². The van der Waals surface area contributed by atoms with Gasteiger partial charge in [0.05, 0.1) is 24.2 Å². The number of thioether (sulfide) groups is 1. The Morgan fingerprint density at radius 1 is 1.09 bits per heavy atom. The molecule has 5 rings (SSSR count). The van der Waals surface area contributed by atoms with Gasteiger partial charge >= 0.3 is 12.4 Å². The largest absolute Gasteiger partial charge is 0.573 e. The molecule has 0 aromatic heterocycles. The summed E-state index contributed by atoms with van der Waals surface area (Å²) in [5.74, 6) is 1.19. The fourth-order valence-electron chi connectivity index (χ4n) is 5.13. The number of halogens is 3. The zero-order valence-electron chi connectivity index (χ0n) is 26.1. The minimum atomic E-state index is -4.74. The number of hydrogen-bond donors (Lipinski definition) is 2. The average molecular weight is 669 g/mol. The maximum Gasteiger partial charge on any atom is 0.573 e. The van der Waals surface area contributed by atoms with Gasteiger partial charge in [-0.15, -0.1) is 13.2 Å². The number of unbranched alkanes of at least 4 members (excludes halogenated alkanes) is 1. The number of alkyl halides is 3. The Kier molecular flexibility index (Phi) is 10.6. The van der Waals surface area contributed by atoms with Crippen LogP contribution in [0.25, 0.3) is 0 Å². The third kappa shape index (κ3) is 8.76. The standard InChI is InChI=1S/C33H35F3N6O4S/c1-21(2)27-15-14-26(45-3)18-28(27)42-29(43)19-47-32(42)39-31(44)37-16-5-4-7-22-8-6-9-23(17-22)30-38-20-41(40-30)24-10-12-25(13-11-24)46-33(34,35)36/h6,8-15,17-18,21H,4-5,7,16,19-20H2,1-3H3,(H,37,44)(H,38,40)/b39-32-. The summed E-state index contributed by atoms with van der Waals surface area (Å²) in [7, 11) is 1.57. The fourth-order valence-corrected chi connectivity index (χ4v) is 5.99. The zero-order chi connectivity index (χ0) is 33.6. The summed E-state index contributed by atoms with van der Waals surface area (Å²) in [6.45, 7) is 4.88. The Balaban J connectivity index is 1.12. The van der Waals surface area contributed by atoms with Gasteiger partial charge in [0.1, 0.15) is 18.2 Å². The molecule has 1 fully saturated rings. The minimum Gasteiger partial charge on any atom is -0.497 e. The van der Waals surface area contributed by atoms with Crippen molar-refractivity contribution in [3.05, 3.63) is 83.4 Å². The van der Waals surface area contributed by atoms with Crippen LogP contribution in [-0.2, 0) is 11.2 Å². The van der Waals surface area contributed by atoms with E-state index in [2.05, 4.69) is 25.5 Å². The maximum absolute atomic E-state index is 12.8. The van der Waals surface area contributed by atoms with Crippen molar-refractivity contribution in [1.82, 2.24) is 10.6 Å². The third-order valence-electron chi connectivity index (χ3n) is 7.42. The van der Waals surface area contributed by atoms with E-state index in [1.807, 2.05) is 50.2 Å². The first-order valence-corrected chi connectivity index (χ1v) is 16.0. The first-order chi connectivity index (χ1) is 22.5. The zero-order valence-corrected chi connectivity index (χ0v) is 27.0. The molecule has 2 aliphatic heterocycles. The van der Waals surface area contributed by atoms with Crippen molar-refractivity contribution in [1.29, 1.82) is 0 Å². The van der Waals surface area contributed by atoms with Gasteiger partial charge in [0.15, 0.2) is 11.0 Å².